The maximum Gasteiger partial charge on any atom is 0.227 e. The van der Waals surface area contributed by atoms with E-state index in [2.05, 4.69) is 41.7 Å². The Morgan fingerprint density at radius 1 is 1.31 bits per heavy atom. The molecule has 0 spiro atoms. The van der Waals surface area contributed by atoms with Crippen LogP contribution < -0.4 is 10.6 Å². The zero-order chi connectivity index (χ0) is 25.4. The summed E-state index contributed by atoms with van der Waals surface area (Å²) in [5.74, 6) is 1.00. The smallest absolute Gasteiger partial charge is 0.227 e. The molecule has 0 aliphatic carbocycles. The van der Waals surface area contributed by atoms with Crippen LogP contribution in [0.3, 0.4) is 0 Å². The van der Waals surface area contributed by atoms with E-state index in [1.165, 1.54) is 0 Å². The van der Waals surface area contributed by atoms with Crippen molar-refractivity contribution in [3.8, 4) is 5.82 Å². The van der Waals surface area contributed by atoms with Crippen LogP contribution in [-0.2, 0) is 26.4 Å². The average Bonchev–Trinajstić information content (AvgIpc) is 3.42. The van der Waals surface area contributed by atoms with E-state index in [4.69, 9.17) is 20.2 Å². The molecule has 3 aromatic heterocycles. The van der Waals surface area contributed by atoms with Crippen molar-refractivity contribution in [1.82, 2.24) is 24.5 Å². The molecule has 1 aliphatic rings. The number of nitrogens with zero attached hydrogens (tertiary/aromatic N) is 6. The summed E-state index contributed by atoms with van der Waals surface area (Å²) in [6.07, 6.45) is 3.61. The number of anilines is 1. The van der Waals surface area contributed by atoms with Crippen molar-refractivity contribution in [2.75, 3.05) is 31.3 Å². The van der Waals surface area contributed by atoms with Crippen LogP contribution in [0, 0.1) is 0 Å². The highest BCUT2D eigenvalue weighted by Crippen LogP contribution is 2.34. The minimum atomic E-state index is -1.14. The number of hydrogen-bond acceptors (Lipinski definition) is 7. The van der Waals surface area contributed by atoms with Gasteiger partial charge in [-0.1, -0.05) is 19.6 Å². The third kappa shape index (κ3) is 5.41. The molecule has 0 saturated carbocycles. The third-order valence-corrected chi connectivity index (χ3v) is 8.25. The molecule has 1 atom stereocenters. The van der Waals surface area contributed by atoms with Gasteiger partial charge in [0.2, 0.25) is 5.91 Å². The van der Waals surface area contributed by atoms with E-state index in [-0.39, 0.29) is 6.04 Å². The van der Waals surface area contributed by atoms with Gasteiger partial charge in [0.25, 0.3) is 0 Å². The van der Waals surface area contributed by atoms with Gasteiger partial charge in [0.1, 0.15) is 12.5 Å². The highest BCUT2D eigenvalue weighted by atomic mass is 28.3. The molecule has 11 heteroatoms. The SMILES string of the molecule is C[C@@H]1COCCN1c1cc(C(C)(C)C(N)=O)c2cnn(-c3ccn(COCC[Si](C)(C)C)n3)c2n1. The summed E-state index contributed by atoms with van der Waals surface area (Å²) in [6, 6.07) is 5.11. The maximum absolute atomic E-state index is 12.4. The summed E-state index contributed by atoms with van der Waals surface area (Å²) in [5.41, 5.74) is 6.34. The molecule has 4 rings (SSSR count). The van der Waals surface area contributed by atoms with E-state index < -0.39 is 19.4 Å². The molecule has 1 fully saturated rings. The molecule has 1 aliphatic heterocycles. The zero-order valence-electron chi connectivity index (χ0n) is 21.6. The number of fused-ring (bicyclic) bond motifs is 1. The lowest BCUT2D eigenvalue weighted by atomic mass is 9.82. The summed E-state index contributed by atoms with van der Waals surface area (Å²) < 4.78 is 14.9. The van der Waals surface area contributed by atoms with E-state index in [1.54, 1.807) is 15.6 Å². The molecule has 2 N–H and O–H groups in total. The first-order chi connectivity index (χ1) is 16.5. The largest absolute Gasteiger partial charge is 0.377 e. The molecule has 35 heavy (non-hydrogen) atoms. The molecule has 1 saturated heterocycles. The van der Waals surface area contributed by atoms with Gasteiger partial charge >= 0.3 is 0 Å². The number of pyridine rings is 1. The first kappa shape index (κ1) is 25.3. The molecule has 3 aromatic rings. The summed E-state index contributed by atoms with van der Waals surface area (Å²) in [4.78, 5) is 19.6. The Hall–Kier alpha value is -2.76. The maximum atomic E-state index is 12.4. The second-order valence-corrected chi connectivity index (χ2v) is 16.6. The van der Waals surface area contributed by atoms with Crippen molar-refractivity contribution < 1.29 is 14.3 Å². The number of hydrogen-bond donors (Lipinski definition) is 1. The Morgan fingerprint density at radius 2 is 2.09 bits per heavy atom. The lowest BCUT2D eigenvalue weighted by Crippen LogP contribution is -2.44. The summed E-state index contributed by atoms with van der Waals surface area (Å²) >= 11 is 0. The molecule has 1 amide bonds. The lowest BCUT2D eigenvalue weighted by Gasteiger charge is -2.35. The van der Waals surface area contributed by atoms with Crippen molar-refractivity contribution in [2.24, 2.45) is 5.73 Å². The van der Waals surface area contributed by atoms with Gasteiger partial charge in [-0.2, -0.15) is 14.9 Å². The second-order valence-electron chi connectivity index (χ2n) is 11.0. The number of nitrogens with two attached hydrogens (primary N) is 1. The minimum absolute atomic E-state index is 0.155. The van der Waals surface area contributed by atoms with Crippen LogP contribution in [0.15, 0.2) is 24.5 Å². The molecule has 0 bridgehead atoms. The molecule has 4 heterocycles. The fourth-order valence-corrected chi connectivity index (χ4v) is 4.85. The highest BCUT2D eigenvalue weighted by molar-refractivity contribution is 6.76. The van der Waals surface area contributed by atoms with Gasteiger partial charge in [0, 0.05) is 38.9 Å². The number of primary amides is 1. The standard InChI is InChI=1S/C24H37N7O3Si/c1-17-15-33-10-9-30(17)21-13-19(24(2,3)23(25)32)18-14-26-31(22(18)27-21)20-7-8-29(28-20)16-34-11-12-35(4,5)6/h7-8,13-14,17H,9-12,15-16H2,1-6H3,(H2,25,32)/t17-/m1/s1. The number of amides is 1. The predicted octanol–water partition coefficient (Wildman–Crippen LogP) is 2.92. The first-order valence-electron chi connectivity index (χ1n) is 12.1. The van der Waals surface area contributed by atoms with Crippen LogP contribution >= 0.6 is 0 Å². The second kappa shape index (κ2) is 9.71. The topological polar surface area (TPSA) is 113 Å². The van der Waals surface area contributed by atoms with Gasteiger partial charge in [0.05, 0.1) is 30.9 Å². The molecule has 0 aromatic carbocycles. The van der Waals surface area contributed by atoms with Crippen LogP contribution in [-0.4, -0.2) is 70.9 Å². The number of ether oxygens (including phenoxy) is 2. The van der Waals surface area contributed by atoms with Gasteiger partial charge in [-0.05, 0) is 38.4 Å². The third-order valence-electron chi connectivity index (χ3n) is 6.54. The van der Waals surface area contributed by atoms with Gasteiger partial charge < -0.3 is 20.1 Å². The molecule has 0 unspecified atom stereocenters. The first-order valence-corrected chi connectivity index (χ1v) is 15.8. The Morgan fingerprint density at radius 3 is 2.77 bits per heavy atom. The van der Waals surface area contributed by atoms with E-state index in [1.807, 2.05) is 32.2 Å². The predicted molar refractivity (Wildman–Crippen MR) is 139 cm³/mol. The fraction of sp³-hybridized carbons (Fsp3) is 0.583. The van der Waals surface area contributed by atoms with Crippen molar-refractivity contribution in [1.29, 1.82) is 0 Å². The fourth-order valence-electron chi connectivity index (χ4n) is 4.09. The van der Waals surface area contributed by atoms with Gasteiger partial charge in [0.15, 0.2) is 11.5 Å². The Labute approximate surface area is 207 Å². The van der Waals surface area contributed by atoms with Crippen LogP contribution in [0.5, 0.6) is 0 Å². The van der Waals surface area contributed by atoms with Crippen LogP contribution in [0.25, 0.3) is 16.9 Å². The van der Waals surface area contributed by atoms with Crippen molar-refractivity contribution in [2.45, 2.75) is 64.6 Å². The Kier molecular flexibility index (Phi) is 7.03. The number of aromatic nitrogens is 5. The number of carbonyl (C=O) groups excluding carboxylic acids is 1. The zero-order valence-corrected chi connectivity index (χ0v) is 22.6. The Balaban J connectivity index is 1.70. The summed E-state index contributed by atoms with van der Waals surface area (Å²) in [7, 11) is -1.14. The monoisotopic (exact) mass is 499 g/mol. The van der Waals surface area contributed by atoms with Crippen LogP contribution in [0.1, 0.15) is 26.3 Å². The minimum Gasteiger partial charge on any atom is -0.377 e. The van der Waals surface area contributed by atoms with Crippen LogP contribution in [0.4, 0.5) is 5.82 Å². The van der Waals surface area contributed by atoms with Gasteiger partial charge in [-0.25, -0.2) is 9.67 Å². The van der Waals surface area contributed by atoms with Crippen LogP contribution in [0.2, 0.25) is 25.7 Å². The van der Waals surface area contributed by atoms with Crippen molar-refractivity contribution in [3.63, 3.8) is 0 Å². The van der Waals surface area contributed by atoms with Crippen molar-refractivity contribution in [3.05, 3.63) is 30.1 Å². The normalized spacial score (nSPS) is 17.3. The van der Waals surface area contributed by atoms with Gasteiger partial charge in [-0.3, -0.25) is 4.79 Å². The number of morpholine rings is 1. The molecule has 10 nitrogen and oxygen atoms in total. The molecular formula is C24H37N7O3Si. The van der Waals surface area contributed by atoms with Crippen molar-refractivity contribution >= 4 is 30.8 Å². The molecule has 190 valence electrons. The number of rotatable bonds is 9. The highest BCUT2D eigenvalue weighted by Gasteiger charge is 2.33. The van der Waals surface area contributed by atoms with E-state index in [0.717, 1.165) is 29.4 Å². The van der Waals surface area contributed by atoms with E-state index in [0.29, 0.717) is 38.0 Å². The lowest BCUT2D eigenvalue weighted by molar-refractivity contribution is -0.122. The molecule has 0 radical (unpaired) electrons. The summed E-state index contributed by atoms with van der Waals surface area (Å²) in [5, 5.41) is 10.0. The van der Waals surface area contributed by atoms with E-state index >= 15 is 0 Å². The average molecular weight is 500 g/mol. The van der Waals surface area contributed by atoms with Gasteiger partial charge in [-0.15, -0.1) is 0 Å². The quantitative estimate of drug-likeness (QED) is 0.356. The van der Waals surface area contributed by atoms with E-state index in [9.17, 15) is 4.79 Å². The molecular weight excluding hydrogens is 462 g/mol. The number of carbonyl (C=O) groups is 1. The Bertz CT molecular complexity index is 1200. The summed E-state index contributed by atoms with van der Waals surface area (Å²) in [6.45, 7) is 15.8.